The Kier molecular flexibility index (Phi) is 6.84. The average molecular weight is 271 g/mol. The van der Waals surface area contributed by atoms with Crippen molar-refractivity contribution in [2.24, 2.45) is 5.92 Å². The monoisotopic (exact) mass is 271 g/mol. The smallest absolute Gasteiger partial charge is 0.480 e. The lowest BCUT2D eigenvalue weighted by Crippen LogP contribution is -2.25. The van der Waals surface area contributed by atoms with Gasteiger partial charge in [0.15, 0.2) is 16.1 Å². The van der Waals surface area contributed by atoms with Gasteiger partial charge >= 0.3 is 23.8 Å². The molecule has 1 N–H and O–H groups in total. The average Bonchev–Trinajstić information content (AvgIpc) is 2.01. The van der Waals surface area contributed by atoms with Crippen LogP contribution in [0, 0.1) is 5.92 Å². The highest BCUT2D eigenvalue weighted by Gasteiger charge is 2.40. The zero-order chi connectivity index (χ0) is 12.1. The van der Waals surface area contributed by atoms with E-state index in [-0.39, 0.29) is 0 Å². The van der Waals surface area contributed by atoms with Crippen molar-refractivity contribution in [1.29, 1.82) is 0 Å². The van der Waals surface area contributed by atoms with Gasteiger partial charge in [-0.15, -0.1) is 0 Å². The molecule has 0 aromatic heterocycles. The Morgan fingerprint density at radius 3 is 2.47 bits per heavy atom. The highest BCUT2D eigenvalue weighted by Crippen LogP contribution is 2.56. The lowest BCUT2D eigenvalue weighted by molar-refractivity contribution is -0.138. The van der Waals surface area contributed by atoms with Crippen molar-refractivity contribution in [3.05, 3.63) is 0 Å². The van der Waals surface area contributed by atoms with E-state index in [1.165, 1.54) is 13.8 Å². The first-order chi connectivity index (χ1) is 6.75. The molecule has 0 aromatic carbocycles. The fraction of sp³-hybridized carbons (Fsp3) is 0.875. The molecule has 0 aliphatic rings. The van der Waals surface area contributed by atoms with E-state index in [4.69, 9.17) is 9.29 Å². The summed E-state index contributed by atoms with van der Waals surface area (Å²) in [5, 5.41) is 8.80. The highest BCUT2D eigenvalue weighted by molar-refractivity contribution is 8.83. The summed E-state index contributed by atoms with van der Waals surface area (Å²) in [6.07, 6.45) is -1.75. The zero-order valence-corrected chi connectivity index (χ0v) is 11.7. The largest absolute Gasteiger partial charge is 0.514 e. The van der Waals surface area contributed by atoms with E-state index in [1.54, 1.807) is 0 Å². The molecule has 0 saturated heterocycles. The molecule has 0 aromatic rings. The van der Waals surface area contributed by atoms with E-state index in [1.807, 2.05) is 13.8 Å². The van der Waals surface area contributed by atoms with Gasteiger partial charge in [-0.05, 0) is 24.3 Å². The molecule has 7 heteroatoms. The van der Waals surface area contributed by atoms with Crippen LogP contribution in [0.3, 0.4) is 0 Å². The van der Waals surface area contributed by atoms with Crippen molar-refractivity contribution in [2.75, 3.05) is 6.61 Å². The molecule has 0 bridgehead atoms. The summed E-state index contributed by atoms with van der Waals surface area (Å²) in [6.45, 7) is 7.54. The molecule has 4 nitrogen and oxygen atoms in total. The Morgan fingerprint density at radius 1 is 1.53 bits per heavy atom. The molecule has 0 spiro atoms. The summed E-state index contributed by atoms with van der Waals surface area (Å²) in [4.78, 5) is 10.7. The number of rotatable bonds is 7. The molecule has 1 unspecified atom stereocenters. The minimum absolute atomic E-state index is 0.374. The number of carboxylic acids is 1. The number of carboxylic acid groups (broad SMARTS) is 1. The van der Waals surface area contributed by atoms with Gasteiger partial charge < -0.3 is 5.11 Å². The van der Waals surface area contributed by atoms with Gasteiger partial charge in [-0.2, -0.15) is 0 Å². The number of hydrogen-bond acceptors (Lipinski definition) is 5. The Morgan fingerprint density at radius 2 is 2.07 bits per heavy atom. The Bertz CT molecular complexity index is 243. The van der Waals surface area contributed by atoms with Crippen LogP contribution >= 0.6 is 29.2 Å². The maximum Gasteiger partial charge on any atom is 0.514 e. The van der Waals surface area contributed by atoms with Crippen molar-refractivity contribution < 1.29 is 18.6 Å². The first-order valence-electron chi connectivity index (χ1n) is 4.45. The Balaban J connectivity index is 3.89. The van der Waals surface area contributed by atoms with Crippen LogP contribution in [0.15, 0.2) is 0 Å². The van der Waals surface area contributed by atoms with Crippen LogP contribution in [0.5, 0.6) is 0 Å². The van der Waals surface area contributed by atoms with Crippen molar-refractivity contribution in [2.45, 2.75) is 32.4 Å². The lowest BCUT2D eigenvalue weighted by Gasteiger charge is -2.09. The molecule has 1 atom stereocenters. The third-order valence-electron chi connectivity index (χ3n) is 1.33. The van der Waals surface area contributed by atoms with E-state index in [0.29, 0.717) is 12.5 Å². The summed E-state index contributed by atoms with van der Waals surface area (Å²) in [6, 6.07) is 0. The third kappa shape index (κ3) is 7.17. The van der Waals surface area contributed by atoms with Gasteiger partial charge in [0.1, 0.15) is 0 Å². The summed E-state index contributed by atoms with van der Waals surface area (Å²) in [5.74, 6) is -0.598. The van der Waals surface area contributed by atoms with Gasteiger partial charge in [0.2, 0.25) is 0 Å². The van der Waals surface area contributed by atoms with E-state index < -0.39 is 16.9 Å². The molecule has 0 aliphatic carbocycles. The molecule has 15 heavy (non-hydrogen) atoms. The van der Waals surface area contributed by atoms with Crippen molar-refractivity contribution in [3.8, 4) is 0 Å². The van der Waals surface area contributed by atoms with Crippen LogP contribution in [-0.2, 0) is 13.5 Å². The normalized spacial score (nSPS) is 13.0. The minimum atomic E-state index is -1.75. The topological polar surface area (TPSA) is 63.6 Å². The molecule has 0 saturated carbocycles. The SMILES string of the molecule is CC(C)COS[P+](=O)SC(C)(C)C(=O)O. The highest BCUT2D eigenvalue weighted by atomic mass is 33.1. The van der Waals surface area contributed by atoms with Crippen LogP contribution in [0.1, 0.15) is 27.7 Å². The quantitative estimate of drug-likeness (QED) is 0.564. The summed E-state index contributed by atoms with van der Waals surface area (Å²) in [5.41, 5.74) is 0. The van der Waals surface area contributed by atoms with Crippen LogP contribution in [0.2, 0.25) is 0 Å². The molecular weight excluding hydrogens is 255 g/mol. The Labute approximate surface area is 99.0 Å². The standard InChI is InChI=1S/C8H15O4PS2/c1-6(2)5-12-15-13(11)14-8(3,4)7(9)10/h6H,5H2,1-4H3/p+1. The number of hydrogen-bond donors (Lipinski definition) is 1. The first kappa shape index (κ1) is 15.2. The maximum atomic E-state index is 11.4. The fourth-order valence-corrected chi connectivity index (χ4v) is 5.57. The number of carbonyl (C=O) groups is 1. The zero-order valence-electron chi connectivity index (χ0n) is 9.22. The van der Waals surface area contributed by atoms with Crippen LogP contribution in [0.25, 0.3) is 0 Å². The second-order valence-electron chi connectivity index (χ2n) is 3.88. The molecule has 0 rings (SSSR count). The minimum Gasteiger partial charge on any atom is -0.480 e. The fourth-order valence-electron chi connectivity index (χ4n) is 0.450. The van der Waals surface area contributed by atoms with Crippen LogP contribution < -0.4 is 0 Å². The summed E-state index contributed by atoms with van der Waals surface area (Å²) in [7, 11) is 0. The van der Waals surface area contributed by atoms with E-state index in [0.717, 1.165) is 23.0 Å². The van der Waals surface area contributed by atoms with Gasteiger partial charge in [-0.3, -0.25) is 8.98 Å². The first-order valence-corrected chi connectivity index (χ1v) is 8.48. The lowest BCUT2D eigenvalue weighted by atomic mass is 10.2. The van der Waals surface area contributed by atoms with Crippen molar-refractivity contribution in [3.63, 3.8) is 0 Å². The van der Waals surface area contributed by atoms with E-state index >= 15 is 0 Å². The van der Waals surface area contributed by atoms with Crippen molar-refractivity contribution >= 4 is 35.2 Å². The van der Waals surface area contributed by atoms with Gasteiger partial charge in [0.05, 0.1) is 6.61 Å². The predicted molar refractivity (Wildman–Crippen MR) is 65.3 cm³/mol. The van der Waals surface area contributed by atoms with Gasteiger partial charge in [0.25, 0.3) is 0 Å². The van der Waals surface area contributed by atoms with E-state index in [2.05, 4.69) is 0 Å². The molecule has 0 fully saturated rings. The Hall–Kier alpha value is 0.230. The molecule has 0 amide bonds. The molecule has 0 radical (unpaired) electrons. The predicted octanol–water partition coefficient (Wildman–Crippen LogP) is 3.56. The second kappa shape index (κ2) is 6.74. The molecule has 0 aliphatic heterocycles. The van der Waals surface area contributed by atoms with E-state index in [9.17, 15) is 9.36 Å². The number of aliphatic carboxylic acids is 1. The van der Waals surface area contributed by atoms with Gasteiger partial charge in [-0.25, -0.2) is 0 Å². The molecule has 0 heterocycles. The van der Waals surface area contributed by atoms with Gasteiger partial charge in [-0.1, -0.05) is 13.8 Å². The van der Waals surface area contributed by atoms with Crippen molar-refractivity contribution in [1.82, 2.24) is 0 Å². The molecule has 88 valence electrons. The summed E-state index contributed by atoms with van der Waals surface area (Å²) < 4.78 is 15.5. The van der Waals surface area contributed by atoms with Gasteiger partial charge in [0, 0.05) is 0 Å². The second-order valence-corrected chi connectivity index (χ2v) is 9.60. The van der Waals surface area contributed by atoms with Crippen LogP contribution in [0.4, 0.5) is 0 Å². The van der Waals surface area contributed by atoms with Crippen LogP contribution in [-0.4, -0.2) is 22.4 Å². The summed E-state index contributed by atoms with van der Waals surface area (Å²) >= 11 is 1.77. The third-order valence-corrected chi connectivity index (χ3v) is 6.19. The molecular formula is C8H16O4PS2+. The maximum absolute atomic E-state index is 11.4.